The number of rotatable bonds is 12. The molecule has 240 valence electrons. The molecular weight excluding hydrogens is 641 g/mol. The van der Waals surface area contributed by atoms with Crippen LogP contribution in [0.2, 0.25) is 10.0 Å². The fourth-order valence-corrected chi connectivity index (χ4v) is 7.69. The molecule has 0 radical (unpaired) electrons. The second kappa shape index (κ2) is 15.2. The molecule has 1 fully saturated rings. The molecule has 0 spiro atoms. The van der Waals surface area contributed by atoms with Crippen molar-refractivity contribution >= 4 is 50.7 Å². The number of benzene rings is 4. The lowest BCUT2D eigenvalue weighted by Crippen LogP contribution is -2.54. The first-order chi connectivity index (χ1) is 22.1. The van der Waals surface area contributed by atoms with E-state index in [0.29, 0.717) is 21.3 Å². The molecule has 2 amide bonds. The minimum atomic E-state index is -4.20. The molecule has 0 heterocycles. The number of hydrogen-bond donors (Lipinski definition) is 1. The van der Waals surface area contributed by atoms with Crippen molar-refractivity contribution in [1.82, 2.24) is 10.2 Å². The summed E-state index contributed by atoms with van der Waals surface area (Å²) in [6.07, 6.45) is 4.09. The maximum absolute atomic E-state index is 14.6. The summed E-state index contributed by atoms with van der Waals surface area (Å²) in [5, 5.41) is 4.17. The van der Waals surface area contributed by atoms with Gasteiger partial charge in [0.05, 0.1) is 10.6 Å². The van der Waals surface area contributed by atoms with Gasteiger partial charge in [-0.2, -0.15) is 0 Å². The zero-order chi connectivity index (χ0) is 32.7. The molecule has 4 aromatic carbocycles. The first-order valence-electron chi connectivity index (χ1n) is 15.3. The number of hydrogen-bond acceptors (Lipinski definition) is 4. The highest BCUT2D eigenvalue weighted by atomic mass is 35.5. The van der Waals surface area contributed by atoms with Crippen LogP contribution in [0.1, 0.15) is 42.4 Å². The normalized spacial score (nSPS) is 14.1. The van der Waals surface area contributed by atoms with Crippen LogP contribution in [0.25, 0.3) is 0 Å². The van der Waals surface area contributed by atoms with Crippen molar-refractivity contribution in [2.45, 2.75) is 62.6 Å². The second-order valence-corrected chi connectivity index (χ2v) is 14.3. The smallest absolute Gasteiger partial charge is 0.264 e. The predicted octanol–water partition coefficient (Wildman–Crippen LogP) is 7.20. The van der Waals surface area contributed by atoms with E-state index in [9.17, 15) is 18.0 Å². The minimum absolute atomic E-state index is 0.0323. The SMILES string of the molecule is Cc1cc(Cl)ccc1N(CC(=O)N(Cc1ccc(Cl)cc1)C(Cc1ccccc1)C(=O)NC1CCCC1)S(=O)(=O)c1ccccc1. The summed E-state index contributed by atoms with van der Waals surface area (Å²) in [6.45, 7) is 1.29. The molecule has 0 aliphatic heterocycles. The van der Waals surface area contributed by atoms with Crippen molar-refractivity contribution < 1.29 is 18.0 Å². The fraction of sp³-hybridized carbons (Fsp3) is 0.278. The first kappa shape index (κ1) is 33.5. The summed E-state index contributed by atoms with van der Waals surface area (Å²) in [5.41, 5.74) is 2.54. The number of aryl methyl sites for hydroxylation is 1. The summed E-state index contributed by atoms with van der Waals surface area (Å²) in [5.74, 6) is -0.787. The minimum Gasteiger partial charge on any atom is -0.352 e. The van der Waals surface area contributed by atoms with Gasteiger partial charge in [-0.3, -0.25) is 13.9 Å². The third kappa shape index (κ3) is 8.29. The highest BCUT2D eigenvalue weighted by molar-refractivity contribution is 7.92. The molecular formula is C36H37Cl2N3O4S. The van der Waals surface area contributed by atoms with Gasteiger partial charge in [0.15, 0.2) is 0 Å². The van der Waals surface area contributed by atoms with E-state index in [1.807, 2.05) is 30.3 Å². The molecule has 1 N–H and O–H groups in total. The van der Waals surface area contributed by atoms with Gasteiger partial charge in [0.25, 0.3) is 10.0 Å². The number of amides is 2. The van der Waals surface area contributed by atoms with E-state index < -0.39 is 28.5 Å². The molecule has 5 rings (SSSR count). The summed E-state index contributed by atoms with van der Waals surface area (Å²) in [7, 11) is -4.20. The van der Waals surface area contributed by atoms with Gasteiger partial charge in [0, 0.05) is 29.1 Å². The lowest BCUT2D eigenvalue weighted by Gasteiger charge is -2.34. The third-order valence-corrected chi connectivity index (χ3v) is 10.5. The molecule has 0 saturated heterocycles. The van der Waals surface area contributed by atoms with Crippen LogP contribution < -0.4 is 9.62 Å². The maximum Gasteiger partial charge on any atom is 0.264 e. The van der Waals surface area contributed by atoms with Gasteiger partial charge in [-0.05, 0) is 78.9 Å². The van der Waals surface area contributed by atoms with Crippen LogP contribution in [0, 0.1) is 6.92 Å². The van der Waals surface area contributed by atoms with Crippen molar-refractivity contribution in [2.24, 2.45) is 0 Å². The Morgan fingerprint density at radius 2 is 1.43 bits per heavy atom. The van der Waals surface area contributed by atoms with E-state index in [0.717, 1.165) is 41.1 Å². The Kier molecular flexibility index (Phi) is 11.0. The fourth-order valence-electron chi connectivity index (χ4n) is 5.84. The standard InChI is InChI=1S/C36H37Cl2N3O4S/c1-26-22-30(38)20-21-33(26)41(46(44,45)32-14-6-3-7-15-32)25-35(42)40(24-28-16-18-29(37)19-17-28)34(23-27-10-4-2-5-11-27)36(43)39-31-12-8-9-13-31/h2-7,10-11,14-22,31,34H,8-9,12-13,23-25H2,1H3,(H,39,43). The number of halogens is 2. The van der Waals surface area contributed by atoms with E-state index in [-0.39, 0.29) is 29.8 Å². The number of nitrogens with one attached hydrogen (secondary N) is 1. The van der Waals surface area contributed by atoms with Crippen LogP contribution in [-0.2, 0) is 32.6 Å². The van der Waals surface area contributed by atoms with Gasteiger partial charge in [0.2, 0.25) is 11.8 Å². The highest BCUT2D eigenvalue weighted by Gasteiger charge is 2.36. The number of sulfonamides is 1. The van der Waals surface area contributed by atoms with Crippen molar-refractivity contribution in [3.63, 3.8) is 0 Å². The highest BCUT2D eigenvalue weighted by Crippen LogP contribution is 2.30. The molecule has 1 aliphatic carbocycles. The van der Waals surface area contributed by atoms with Crippen molar-refractivity contribution in [3.05, 3.63) is 130 Å². The molecule has 1 saturated carbocycles. The van der Waals surface area contributed by atoms with Crippen molar-refractivity contribution in [3.8, 4) is 0 Å². The van der Waals surface area contributed by atoms with Gasteiger partial charge in [-0.15, -0.1) is 0 Å². The van der Waals surface area contributed by atoms with Crippen molar-refractivity contribution in [2.75, 3.05) is 10.8 Å². The monoisotopic (exact) mass is 677 g/mol. The van der Waals surface area contributed by atoms with E-state index in [1.54, 1.807) is 67.6 Å². The number of anilines is 1. The van der Waals surface area contributed by atoms with Gasteiger partial charge < -0.3 is 10.2 Å². The summed E-state index contributed by atoms with van der Waals surface area (Å²) < 4.78 is 29.5. The Balaban J connectivity index is 1.57. The Morgan fingerprint density at radius 1 is 0.826 bits per heavy atom. The average Bonchev–Trinajstić information content (AvgIpc) is 3.56. The maximum atomic E-state index is 14.6. The topological polar surface area (TPSA) is 86.8 Å². The van der Waals surface area contributed by atoms with Gasteiger partial charge >= 0.3 is 0 Å². The first-order valence-corrected chi connectivity index (χ1v) is 17.5. The van der Waals surface area contributed by atoms with Crippen LogP contribution in [-0.4, -0.2) is 43.8 Å². The molecule has 46 heavy (non-hydrogen) atoms. The number of nitrogens with zero attached hydrogens (tertiary/aromatic N) is 2. The zero-order valence-electron chi connectivity index (χ0n) is 25.6. The lowest BCUT2D eigenvalue weighted by atomic mass is 10.0. The number of carbonyl (C=O) groups excluding carboxylic acids is 2. The largest absolute Gasteiger partial charge is 0.352 e. The van der Waals surface area contributed by atoms with Crippen LogP contribution in [0.3, 0.4) is 0 Å². The van der Waals surface area contributed by atoms with Crippen LogP contribution >= 0.6 is 23.2 Å². The molecule has 7 nitrogen and oxygen atoms in total. The van der Waals surface area contributed by atoms with Gasteiger partial charge in [-0.25, -0.2) is 8.42 Å². The average molecular weight is 679 g/mol. The summed E-state index contributed by atoms with van der Waals surface area (Å²) >= 11 is 12.4. The van der Waals surface area contributed by atoms with Crippen LogP contribution in [0.15, 0.2) is 108 Å². The summed E-state index contributed by atoms with van der Waals surface area (Å²) in [4.78, 5) is 30.2. The zero-order valence-corrected chi connectivity index (χ0v) is 27.9. The Hall–Kier alpha value is -3.85. The van der Waals surface area contributed by atoms with Crippen LogP contribution in [0.4, 0.5) is 5.69 Å². The predicted molar refractivity (Wildman–Crippen MR) is 183 cm³/mol. The molecule has 0 aromatic heterocycles. The summed E-state index contributed by atoms with van der Waals surface area (Å²) in [6, 6.07) is 28.6. The third-order valence-electron chi connectivity index (χ3n) is 8.28. The van der Waals surface area contributed by atoms with Gasteiger partial charge in [0.1, 0.15) is 12.6 Å². The second-order valence-electron chi connectivity index (χ2n) is 11.6. The molecule has 1 atom stereocenters. The van der Waals surface area contributed by atoms with Crippen molar-refractivity contribution in [1.29, 1.82) is 0 Å². The Labute approximate surface area is 281 Å². The molecule has 10 heteroatoms. The molecule has 1 unspecified atom stereocenters. The van der Waals surface area contributed by atoms with Gasteiger partial charge in [-0.1, -0.05) is 96.7 Å². The quantitative estimate of drug-likeness (QED) is 0.172. The van der Waals surface area contributed by atoms with E-state index in [2.05, 4.69) is 5.32 Å². The molecule has 4 aromatic rings. The Morgan fingerprint density at radius 3 is 2.07 bits per heavy atom. The lowest BCUT2D eigenvalue weighted by molar-refractivity contribution is -0.140. The molecule has 0 bridgehead atoms. The van der Waals surface area contributed by atoms with E-state index in [1.165, 1.54) is 17.0 Å². The van der Waals surface area contributed by atoms with E-state index >= 15 is 0 Å². The molecule has 1 aliphatic rings. The number of carbonyl (C=O) groups is 2. The van der Waals surface area contributed by atoms with E-state index in [4.69, 9.17) is 23.2 Å². The van der Waals surface area contributed by atoms with Crippen LogP contribution in [0.5, 0.6) is 0 Å². The Bertz CT molecular complexity index is 1750.